The number of esters is 2. The molecule has 0 saturated carbocycles. The van der Waals surface area contributed by atoms with E-state index < -0.39 is 6.10 Å². The molecular weight excluding hydrogens is 572 g/mol. The Balaban J connectivity index is 3.62. The van der Waals surface area contributed by atoms with Crippen molar-refractivity contribution in [3.8, 4) is 0 Å². The molecule has 5 nitrogen and oxygen atoms in total. The highest BCUT2D eigenvalue weighted by atomic mass is 16.6. The van der Waals surface area contributed by atoms with Crippen LogP contribution in [0, 0.1) is 0 Å². The molecular formula is C41H70O5. The van der Waals surface area contributed by atoms with Crippen LogP contribution in [0.15, 0.2) is 60.8 Å². The minimum absolute atomic E-state index is 0.0794. The molecule has 0 rings (SSSR count). The summed E-state index contributed by atoms with van der Waals surface area (Å²) in [5.41, 5.74) is 0. The van der Waals surface area contributed by atoms with Crippen LogP contribution in [0.5, 0.6) is 0 Å². The molecule has 0 amide bonds. The predicted octanol–water partition coefficient (Wildman–Crippen LogP) is 11.6. The summed E-state index contributed by atoms with van der Waals surface area (Å²) in [5.74, 6) is -0.624. The second kappa shape index (κ2) is 37.1. The van der Waals surface area contributed by atoms with Gasteiger partial charge in [0, 0.05) is 12.8 Å². The van der Waals surface area contributed by atoms with Crippen molar-refractivity contribution in [3.63, 3.8) is 0 Å². The van der Waals surface area contributed by atoms with Crippen LogP contribution in [0.3, 0.4) is 0 Å². The van der Waals surface area contributed by atoms with Crippen molar-refractivity contribution < 1.29 is 24.2 Å². The van der Waals surface area contributed by atoms with Gasteiger partial charge in [-0.3, -0.25) is 9.59 Å². The second-order valence-electron chi connectivity index (χ2n) is 12.3. The third-order valence-corrected chi connectivity index (χ3v) is 7.80. The maximum atomic E-state index is 12.1. The van der Waals surface area contributed by atoms with Crippen molar-refractivity contribution in [1.29, 1.82) is 0 Å². The lowest BCUT2D eigenvalue weighted by molar-refractivity contribution is -0.161. The number of unbranched alkanes of at least 4 members (excludes halogenated alkanes) is 15. The molecule has 0 bridgehead atoms. The first kappa shape index (κ1) is 43.6. The van der Waals surface area contributed by atoms with Crippen LogP contribution < -0.4 is 0 Å². The van der Waals surface area contributed by atoms with E-state index >= 15 is 0 Å². The van der Waals surface area contributed by atoms with Crippen LogP contribution in [0.1, 0.15) is 168 Å². The van der Waals surface area contributed by atoms with Crippen molar-refractivity contribution in [3.05, 3.63) is 60.8 Å². The summed E-state index contributed by atoms with van der Waals surface area (Å²) in [7, 11) is 0. The lowest BCUT2D eigenvalue weighted by Gasteiger charge is -2.15. The SMILES string of the molecule is CC/C=C\C/C=C\C/C=C\CCCCCCCC(=O)O[C@@H](CO)COC(=O)CCCCCCCCC/C=C\C/C=C\CCCCC. The standard InChI is InChI=1S/C41H70O5/c1-3-5-7-9-11-13-15-17-19-20-22-23-25-27-29-31-33-35-40(43)45-38-39(37-42)46-41(44)36-34-32-30-28-26-24-21-18-16-14-12-10-8-6-4-2/h6,8,11-14,17-19,21,39,42H,3-5,7,9-10,15-16,20,22-38H2,1-2H3/b8-6-,13-11-,14-12-,19-17-,21-18-/t39-/m0/s1. The Morgan fingerprint density at radius 3 is 1.41 bits per heavy atom. The highest BCUT2D eigenvalue weighted by molar-refractivity contribution is 5.70. The number of hydrogen-bond donors (Lipinski definition) is 1. The Kier molecular flexibility index (Phi) is 35.1. The number of aliphatic hydroxyl groups is 1. The number of ether oxygens (including phenoxy) is 2. The normalized spacial score (nSPS) is 12.8. The van der Waals surface area contributed by atoms with Crippen molar-refractivity contribution in [1.82, 2.24) is 0 Å². The zero-order chi connectivity index (χ0) is 33.6. The number of hydrogen-bond acceptors (Lipinski definition) is 5. The van der Waals surface area contributed by atoms with E-state index in [1.165, 1.54) is 51.4 Å². The van der Waals surface area contributed by atoms with Crippen molar-refractivity contribution in [2.75, 3.05) is 13.2 Å². The monoisotopic (exact) mass is 643 g/mol. The average Bonchev–Trinajstić information content (AvgIpc) is 3.06. The zero-order valence-electron chi connectivity index (χ0n) is 29.8. The minimum atomic E-state index is -0.784. The van der Waals surface area contributed by atoms with Gasteiger partial charge in [0.15, 0.2) is 6.10 Å². The van der Waals surface area contributed by atoms with Gasteiger partial charge in [-0.15, -0.1) is 0 Å². The van der Waals surface area contributed by atoms with Gasteiger partial charge in [0.2, 0.25) is 0 Å². The highest BCUT2D eigenvalue weighted by Crippen LogP contribution is 2.12. The lowest BCUT2D eigenvalue weighted by atomic mass is 10.1. The first-order chi connectivity index (χ1) is 22.6. The Bertz CT molecular complexity index is 823. The molecule has 0 aliphatic rings. The van der Waals surface area contributed by atoms with Gasteiger partial charge in [-0.1, -0.05) is 139 Å². The van der Waals surface area contributed by atoms with Crippen molar-refractivity contribution in [2.24, 2.45) is 0 Å². The Hall–Kier alpha value is -2.40. The predicted molar refractivity (Wildman–Crippen MR) is 196 cm³/mol. The Labute approximate surface area is 283 Å². The zero-order valence-corrected chi connectivity index (χ0v) is 29.8. The van der Waals surface area contributed by atoms with Gasteiger partial charge in [-0.2, -0.15) is 0 Å². The molecule has 0 aliphatic heterocycles. The molecule has 0 aliphatic carbocycles. The highest BCUT2D eigenvalue weighted by Gasteiger charge is 2.16. The van der Waals surface area contributed by atoms with Gasteiger partial charge in [0.1, 0.15) is 6.61 Å². The van der Waals surface area contributed by atoms with E-state index in [1.54, 1.807) is 0 Å². The van der Waals surface area contributed by atoms with E-state index in [9.17, 15) is 14.7 Å². The summed E-state index contributed by atoms with van der Waals surface area (Å²) in [5, 5.41) is 9.54. The quantitative estimate of drug-likeness (QED) is 0.0438. The summed E-state index contributed by atoms with van der Waals surface area (Å²) in [4.78, 5) is 24.2. The molecule has 0 radical (unpaired) electrons. The third kappa shape index (κ3) is 34.5. The minimum Gasteiger partial charge on any atom is -0.462 e. The fourth-order valence-electron chi connectivity index (χ4n) is 4.95. The van der Waals surface area contributed by atoms with Crippen LogP contribution in [-0.4, -0.2) is 36.4 Å². The van der Waals surface area contributed by atoms with Crippen LogP contribution in [-0.2, 0) is 19.1 Å². The molecule has 0 saturated heterocycles. The van der Waals surface area contributed by atoms with E-state index in [-0.39, 0.29) is 25.2 Å². The molecule has 1 N–H and O–H groups in total. The van der Waals surface area contributed by atoms with Crippen LogP contribution in [0.2, 0.25) is 0 Å². The fraction of sp³-hybridized carbons (Fsp3) is 0.707. The third-order valence-electron chi connectivity index (χ3n) is 7.80. The molecule has 0 aromatic carbocycles. The Morgan fingerprint density at radius 1 is 0.522 bits per heavy atom. The molecule has 0 aromatic heterocycles. The number of carbonyl (C=O) groups excluding carboxylic acids is 2. The first-order valence-electron chi connectivity index (χ1n) is 18.8. The average molecular weight is 643 g/mol. The van der Waals surface area contributed by atoms with Gasteiger partial charge in [0.05, 0.1) is 6.61 Å². The van der Waals surface area contributed by atoms with Gasteiger partial charge in [-0.25, -0.2) is 0 Å². The largest absolute Gasteiger partial charge is 0.462 e. The topological polar surface area (TPSA) is 72.8 Å². The van der Waals surface area contributed by atoms with Crippen molar-refractivity contribution >= 4 is 11.9 Å². The first-order valence-corrected chi connectivity index (χ1v) is 18.8. The van der Waals surface area contributed by atoms with Gasteiger partial charge in [0.25, 0.3) is 0 Å². The molecule has 0 aromatic rings. The molecule has 46 heavy (non-hydrogen) atoms. The number of aliphatic hydroxyl groups excluding tert-OH is 1. The second-order valence-corrected chi connectivity index (χ2v) is 12.3. The molecule has 0 spiro atoms. The van der Waals surface area contributed by atoms with Crippen LogP contribution in [0.4, 0.5) is 0 Å². The molecule has 0 unspecified atom stereocenters. The maximum absolute atomic E-state index is 12.1. The summed E-state index contributed by atoms with van der Waals surface area (Å²) >= 11 is 0. The molecule has 0 heterocycles. The Morgan fingerprint density at radius 2 is 0.935 bits per heavy atom. The van der Waals surface area contributed by atoms with E-state index in [0.29, 0.717) is 12.8 Å². The van der Waals surface area contributed by atoms with Crippen molar-refractivity contribution in [2.45, 2.75) is 174 Å². The summed E-state index contributed by atoms with van der Waals surface area (Å²) in [6, 6.07) is 0. The molecule has 0 fully saturated rings. The van der Waals surface area contributed by atoms with E-state index in [1.807, 2.05) is 0 Å². The van der Waals surface area contributed by atoms with E-state index in [4.69, 9.17) is 9.47 Å². The fourth-order valence-corrected chi connectivity index (χ4v) is 4.95. The summed E-state index contributed by atoms with van der Waals surface area (Å²) < 4.78 is 10.6. The lowest BCUT2D eigenvalue weighted by Crippen LogP contribution is -2.28. The van der Waals surface area contributed by atoms with Crippen LogP contribution >= 0.6 is 0 Å². The van der Waals surface area contributed by atoms with E-state index in [2.05, 4.69) is 74.6 Å². The number of carbonyl (C=O) groups is 2. The van der Waals surface area contributed by atoms with Crippen LogP contribution in [0.25, 0.3) is 0 Å². The van der Waals surface area contributed by atoms with Gasteiger partial charge < -0.3 is 14.6 Å². The summed E-state index contributed by atoms with van der Waals surface area (Å²) in [6.07, 6.45) is 47.0. The smallest absolute Gasteiger partial charge is 0.306 e. The summed E-state index contributed by atoms with van der Waals surface area (Å²) in [6.45, 7) is 3.96. The molecule has 1 atom stereocenters. The van der Waals surface area contributed by atoms with Gasteiger partial charge in [-0.05, 0) is 77.0 Å². The maximum Gasteiger partial charge on any atom is 0.306 e. The molecule has 264 valence electrons. The molecule has 5 heteroatoms. The number of rotatable bonds is 33. The van der Waals surface area contributed by atoms with Gasteiger partial charge >= 0.3 is 11.9 Å². The number of allylic oxidation sites excluding steroid dienone is 10. The van der Waals surface area contributed by atoms with E-state index in [0.717, 1.165) is 89.9 Å².